The summed E-state index contributed by atoms with van der Waals surface area (Å²) < 4.78 is 6.68. The third-order valence-electron chi connectivity index (χ3n) is 11.8. The minimum atomic E-state index is -2.45. The molecule has 0 aromatic heterocycles. The fraction of sp³-hybridized carbons (Fsp3) is 0.0588. The third kappa shape index (κ3) is 4.55. The van der Waals surface area contributed by atoms with Crippen LogP contribution in [0.4, 0.5) is 34.1 Å². The maximum atomic E-state index is 7.00. The van der Waals surface area contributed by atoms with Crippen LogP contribution >= 0.6 is 6.04 Å². The molecule has 0 N–H and O–H groups in total. The molecule has 0 saturated heterocycles. The van der Waals surface area contributed by atoms with E-state index in [0.29, 0.717) is 0 Å². The van der Waals surface area contributed by atoms with Crippen LogP contribution in [0.15, 0.2) is 188 Å². The van der Waals surface area contributed by atoms with E-state index in [1.54, 1.807) is 0 Å². The summed E-state index contributed by atoms with van der Waals surface area (Å²) in [4.78, 5) is 4.90. The van der Waals surface area contributed by atoms with Crippen molar-refractivity contribution >= 4 is 67.9 Å². The van der Waals surface area contributed by atoms with Gasteiger partial charge in [0.2, 0.25) is 0 Å². The van der Waals surface area contributed by atoms with Gasteiger partial charge in [0.1, 0.15) is 11.5 Å². The number of benzene rings is 8. The van der Waals surface area contributed by atoms with E-state index in [-0.39, 0.29) is 0 Å². The summed E-state index contributed by atoms with van der Waals surface area (Å²) in [5, 5.41) is 3.60. The SMILES string of the molecule is Cc1ccc2c(c1)C1(c3ccccc3Oc3ccccc31)c1cc(C)ccc1N2c1ccc2c(c1)N(c1ccccc1)c1ccccc1P2(=S)c1ccccc1. The van der Waals surface area contributed by atoms with Crippen molar-refractivity contribution in [1.82, 2.24) is 0 Å². The van der Waals surface area contributed by atoms with E-state index in [1.165, 1.54) is 38.2 Å². The number of rotatable bonds is 3. The van der Waals surface area contributed by atoms with Gasteiger partial charge in [0.25, 0.3) is 0 Å². The first-order valence-corrected chi connectivity index (χ1v) is 21.9. The Morgan fingerprint density at radius 3 is 1.59 bits per heavy atom. The molecule has 0 radical (unpaired) electrons. The molecule has 56 heavy (non-hydrogen) atoms. The van der Waals surface area contributed by atoms with E-state index in [1.807, 2.05) is 0 Å². The summed E-state index contributed by atoms with van der Waals surface area (Å²) in [5.74, 6) is 1.77. The molecular weight excluding hydrogens is 720 g/mol. The number of hydrogen-bond acceptors (Lipinski definition) is 4. The zero-order valence-corrected chi connectivity index (χ0v) is 32.8. The van der Waals surface area contributed by atoms with Crippen LogP contribution in [0, 0.1) is 13.8 Å². The Balaban J connectivity index is 1.22. The summed E-state index contributed by atoms with van der Waals surface area (Å²) in [6.45, 7) is 4.40. The van der Waals surface area contributed by atoms with Gasteiger partial charge < -0.3 is 14.5 Å². The predicted molar refractivity (Wildman–Crippen MR) is 237 cm³/mol. The third-order valence-corrected chi connectivity index (χ3v) is 16.7. The molecular formula is C51H37N2OPS. The van der Waals surface area contributed by atoms with Gasteiger partial charge in [-0.3, -0.25) is 0 Å². The number of ether oxygens (including phenoxy) is 1. The summed E-state index contributed by atoms with van der Waals surface area (Å²) >= 11 is 7.00. The maximum absolute atomic E-state index is 7.00. The van der Waals surface area contributed by atoms with Crippen molar-refractivity contribution in [3.05, 3.63) is 221 Å². The van der Waals surface area contributed by atoms with Crippen LogP contribution in [-0.4, -0.2) is 0 Å². The molecule has 1 unspecified atom stereocenters. The molecule has 1 atom stereocenters. The molecule has 1 spiro atoms. The van der Waals surface area contributed by atoms with Gasteiger partial charge in [-0.15, -0.1) is 0 Å². The molecule has 3 aliphatic heterocycles. The van der Waals surface area contributed by atoms with Gasteiger partial charge in [-0.1, -0.05) is 150 Å². The second-order valence-electron chi connectivity index (χ2n) is 15.0. The fourth-order valence-electron chi connectivity index (χ4n) is 9.46. The summed E-state index contributed by atoms with van der Waals surface area (Å²) in [6, 6.07) is 65.9. The van der Waals surface area contributed by atoms with Crippen molar-refractivity contribution < 1.29 is 4.74 Å². The number of anilines is 6. The van der Waals surface area contributed by atoms with Crippen LogP contribution in [-0.2, 0) is 17.2 Å². The van der Waals surface area contributed by atoms with Crippen LogP contribution < -0.4 is 30.5 Å². The van der Waals surface area contributed by atoms with Crippen LogP contribution in [0.3, 0.4) is 0 Å². The molecule has 0 aliphatic carbocycles. The second kappa shape index (κ2) is 12.4. The average Bonchev–Trinajstić information content (AvgIpc) is 3.24. The number of aryl methyl sites for hydroxylation is 2. The Bertz CT molecular complexity index is 2820. The minimum Gasteiger partial charge on any atom is -0.457 e. The molecule has 8 aromatic rings. The van der Waals surface area contributed by atoms with Crippen molar-refractivity contribution in [2.24, 2.45) is 0 Å². The van der Waals surface area contributed by atoms with E-state index in [2.05, 4.69) is 212 Å². The smallest absolute Gasteiger partial charge is 0.132 e. The van der Waals surface area contributed by atoms with Gasteiger partial charge in [0.15, 0.2) is 0 Å². The molecule has 5 heteroatoms. The van der Waals surface area contributed by atoms with Gasteiger partial charge in [0, 0.05) is 39.1 Å². The number of nitrogens with zero attached hydrogens (tertiary/aromatic N) is 2. The highest BCUT2D eigenvalue weighted by Gasteiger charge is 2.51. The van der Waals surface area contributed by atoms with Gasteiger partial charge >= 0.3 is 0 Å². The molecule has 268 valence electrons. The zero-order valence-electron chi connectivity index (χ0n) is 31.1. The van der Waals surface area contributed by atoms with E-state index in [0.717, 1.165) is 56.8 Å². The van der Waals surface area contributed by atoms with Gasteiger partial charge in [-0.25, -0.2) is 0 Å². The second-order valence-corrected chi connectivity index (χ2v) is 19.3. The standard InChI is InChI=1S/C51H37N2OPS/c1-34-25-28-43-41(31-34)51(39-19-9-12-22-47(39)54-48-23-13-10-20-40(48)51)42-32-35(2)26-29-44(42)53(43)37-27-30-50-46(33-37)52(36-15-5-3-6-16-36)45-21-11-14-24-49(45)55(50,56)38-17-7-4-8-18-38/h3-33H,1-2H3. The lowest BCUT2D eigenvalue weighted by Gasteiger charge is -2.49. The van der Waals surface area contributed by atoms with Gasteiger partial charge in [0.05, 0.1) is 28.2 Å². The highest BCUT2D eigenvalue weighted by molar-refractivity contribution is 8.25. The van der Waals surface area contributed by atoms with Crippen molar-refractivity contribution in [1.29, 1.82) is 0 Å². The lowest BCUT2D eigenvalue weighted by Crippen LogP contribution is -2.40. The fourth-order valence-corrected chi connectivity index (χ4v) is 13.7. The Morgan fingerprint density at radius 1 is 0.429 bits per heavy atom. The van der Waals surface area contributed by atoms with Crippen molar-refractivity contribution in [2.45, 2.75) is 19.3 Å². The Hall–Kier alpha value is -6.19. The predicted octanol–water partition coefficient (Wildman–Crippen LogP) is 12.1. The largest absolute Gasteiger partial charge is 0.457 e. The monoisotopic (exact) mass is 756 g/mol. The normalized spacial score (nSPS) is 16.8. The van der Waals surface area contributed by atoms with E-state index in [4.69, 9.17) is 16.5 Å². The van der Waals surface area contributed by atoms with Crippen molar-refractivity contribution in [3.63, 3.8) is 0 Å². The van der Waals surface area contributed by atoms with Crippen molar-refractivity contribution in [2.75, 3.05) is 9.80 Å². The maximum Gasteiger partial charge on any atom is 0.132 e. The first-order valence-electron chi connectivity index (χ1n) is 19.1. The molecule has 8 aromatic carbocycles. The van der Waals surface area contributed by atoms with Crippen LogP contribution in [0.25, 0.3) is 0 Å². The van der Waals surface area contributed by atoms with Crippen LogP contribution in [0.2, 0.25) is 0 Å². The summed E-state index contributed by atoms with van der Waals surface area (Å²) in [7, 11) is 0. The van der Waals surface area contributed by atoms with Crippen LogP contribution in [0.5, 0.6) is 11.5 Å². The van der Waals surface area contributed by atoms with E-state index >= 15 is 0 Å². The Labute approximate surface area is 333 Å². The van der Waals surface area contributed by atoms with E-state index in [9.17, 15) is 0 Å². The zero-order chi connectivity index (χ0) is 37.6. The lowest BCUT2D eigenvalue weighted by atomic mass is 9.61. The first kappa shape index (κ1) is 33.2. The number of hydrogen-bond donors (Lipinski definition) is 0. The van der Waals surface area contributed by atoms with Crippen molar-refractivity contribution in [3.8, 4) is 11.5 Å². The average molecular weight is 757 g/mol. The lowest BCUT2D eigenvalue weighted by molar-refractivity contribution is 0.434. The Kier molecular flexibility index (Phi) is 7.35. The van der Waals surface area contributed by atoms with Gasteiger partial charge in [-0.05, 0) is 90.9 Å². The molecule has 3 heterocycles. The number of fused-ring (bicyclic) bond motifs is 10. The van der Waals surface area contributed by atoms with E-state index < -0.39 is 11.5 Å². The highest BCUT2D eigenvalue weighted by Crippen LogP contribution is 2.63. The number of para-hydroxylation sites is 4. The summed E-state index contributed by atoms with van der Waals surface area (Å²) in [6.07, 6.45) is 0. The molecule has 0 fully saturated rings. The topological polar surface area (TPSA) is 15.7 Å². The minimum absolute atomic E-state index is 0.609. The molecule has 0 saturated carbocycles. The Morgan fingerprint density at radius 2 is 0.946 bits per heavy atom. The molecule has 0 bridgehead atoms. The molecule has 3 aliphatic rings. The quantitative estimate of drug-likeness (QED) is 0.167. The molecule has 11 rings (SSSR count). The molecule has 0 amide bonds. The summed E-state index contributed by atoms with van der Waals surface area (Å²) in [5.41, 5.74) is 13.3. The first-order chi connectivity index (χ1) is 27.5. The molecule has 3 nitrogen and oxygen atoms in total. The van der Waals surface area contributed by atoms with Gasteiger partial charge in [-0.2, -0.15) is 0 Å². The highest BCUT2D eigenvalue weighted by atomic mass is 32.4. The van der Waals surface area contributed by atoms with Crippen LogP contribution in [0.1, 0.15) is 33.4 Å².